The fourth-order valence-electron chi connectivity index (χ4n) is 3.08. The van der Waals surface area contributed by atoms with Crippen LogP contribution in [0.5, 0.6) is 0 Å². The summed E-state index contributed by atoms with van der Waals surface area (Å²) in [5.74, 6) is 0.873. The molecule has 0 atom stereocenters. The molecule has 0 radical (unpaired) electrons. The van der Waals surface area contributed by atoms with Crippen molar-refractivity contribution in [2.45, 2.75) is 20.0 Å². The van der Waals surface area contributed by atoms with Crippen LogP contribution >= 0.6 is 11.3 Å². The van der Waals surface area contributed by atoms with Crippen molar-refractivity contribution in [2.75, 3.05) is 7.05 Å². The number of benzene rings is 1. The average molecular weight is 411 g/mol. The van der Waals surface area contributed by atoms with Crippen LogP contribution in [0.3, 0.4) is 0 Å². The van der Waals surface area contributed by atoms with Crippen molar-refractivity contribution >= 4 is 27.5 Å². The van der Waals surface area contributed by atoms with E-state index in [0.717, 1.165) is 11.3 Å². The van der Waals surface area contributed by atoms with Crippen molar-refractivity contribution in [1.82, 2.24) is 14.5 Å². The highest BCUT2D eigenvalue weighted by Gasteiger charge is 2.17. The van der Waals surface area contributed by atoms with Crippen LogP contribution in [0.2, 0.25) is 0 Å². The second kappa shape index (κ2) is 7.63. The summed E-state index contributed by atoms with van der Waals surface area (Å²) in [6.07, 6.45) is 1.39. The van der Waals surface area contributed by atoms with E-state index in [-0.39, 0.29) is 23.8 Å². The molecule has 148 valence electrons. The highest BCUT2D eigenvalue weighted by molar-refractivity contribution is 7.17. The van der Waals surface area contributed by atoms with Crippen LogP contribution in [-0.4, -0.2) is 27.4 Å². The van der Waals surface area contributed by atoms with Gasteiger partial charge in [-0.2, -0.15) is 0 Å². The van der Waals surface area contributed by atoms with Crippen LogP contribution in [-0.2, 0) is 17.9 Å². The first-order chi connectivity index (χ1) is 13.9. The molecule has 1 aromatic carbocycles. The molecule has 0 saturated carbocycles. The molecule has 3 aromatic heterocycles. The topological polar surface area (TPSA) is 68.3 Å². The molecular formula is C21H18FN3O3S. The molecule has 0 fully saturated rings. The van der Waals surface area contributed by atoms with Gasteiger partial charge in [0.15, 0.2) is 0 Å². The van der Waals surface area contributed by atoms with Gasteiger partial charge in [0.05, 0.1) is 18.3 Å². The van der Waals surface area contributed by atoms with E-state index in [0.29, 0.717) is 28.1 Å². The maximum atomic E-state index is 13.2. The number of carbonyl (C=O) groups is 1. The quantitative estimate of drug-likeness (QED) is 0.501. The minimum Gasteiger partial charge on any atom is -0.464 e. The monoisotopic (exact) mass is 411 g/mol. The van der Waals surface area contributed by atoms with Crippen LogP contribution in [0, 0.1) is 12.7 Å². The molecule has 0 saturated heterocycles. The van der Waals surface area contributed by atoms with Gasteiger partial charge in [0.1, 0.15) is 28.7 Å². The number of aryl methyl sites for hydroxylation is 1. The summed E-state index contributed by atoms with van der Waals surface area (Å²) >= 11 is 1.34. The number of likely N-dealkylation sites (N-methyl/N-ethyl adjacent to an activating group) is 1. The van der Waals surface area contributed by atoms with Gasteiger partial charge < -0.3 is 9.32 Å². The Labute approximate surface area is 169 Å². The number of nitrogens with zero attached hydrogens (tertiary/aromatic N) is 3. The summed E-state index contributed by atoms with van der Waals surface area (Å²) in [7, 11) is 1.66. The van der Waals surface area contributed by atoms with E-state index in [1.807, 2.05) is 24.4 Å². The molecule has 4 aromatic rings. The largest absolute Gasteiger partial charge is 0.464 e. The molecule has 0 bridgehead atoms. The zero-order valence-corrected chi connectivity index (χ0v) is 16.7. The van der Waals surface area contributed by atoms with Gasteiger partial charge in [-0.3, -0.25) is 14.2 Å². The molecule has 0 aliphatic carbocycles. The van der Waals surface area contributed by atoms with Crippen LogP contribution in [0.25, 0.3) is 21.3 Å². The molecule has 0 aliphatic rings. The highest BCUT2D eigenvalue weighted by Crippen LogP contribution is 2.30. The Hall–Kier alpha value is -3.26. The minimum atomic E-state index is -0.343. The van der Waals surface area contributed by atoms with E-state index in [4.69, 9.17) is 4.42 Å². The summed E-state index contributed by atoms with van der Waals surface area (Å²) < 4.78 is 20.0. The summed E-state index contributed by atoms with van der Waals surface area (Å²) in [6.45, 7) is 2.03. The molecule has 0 N–H and O–H groups in total. The Balaban J connectivity index is 1.61. The zero-order chi connectivity index (χ0) is 20.5. The Kier molecular flexibility index (Phi) is 5.02. The number of fused-ring (bicyclic) bond motifs is 1. The Bertz CT molecular complexity index is 1240. The maximum absolute atomic E-state index is 13.2. The lowest BCUT2D eigenvalue weighted by Gasteiger charge is -2.16. The molecule has 0 spiro atoms. The second-order valence-electron chi connectivity index (χ2n) is 6.78. The lowest BCUT2D eigenvalue weighted by molar-refractivity contribution is -0.131. The lowest BCUT2D eigenvalue weighted by Crippen LogP contribution is -2.33. The fraction of sp³-hybridized carbons (Fsp3) is 0.190. The lowest BCUT2D eigenvalue weighted by atomic mass is 10.1. The highest BCUT2D eigenvalue weighted by atomic mass is 32.1. The predicted octanol–water partition coefficient (Wildman–Crippen LogP) is 3.82. The van der Waals surface area contributed by atoms with Gasteiger partial charge in [0.25, 0.3) is 5.56 Å². The minimum absolute atomic E-state index is 0.128. The molecule has 4 rings (SSSR count). The third-order valence-electron chi connectivity index (χ3n) is 4.64. The molecule has 8 heteroatoms. The van der Waals surface area contributed by atoms with Crippen molar-refractivity contribution in [3.8, 4) is 11.1 Å². The summed E-state index contributed by atoms with van der Waals surface area (Å²) in [5.41, 5.74) is 1.11. The van der Waals surface area contributed by atoms with Gasteiger partial charge in [-0.05, 0) is 36.8 Å². The van der Waals surface area contributed by atoms with E-state index in [1.165, 1.54) is 39.3 Å². The number of thiophene rings is 1. The zero-order valence-electron chi connectivity index (χ0n) is 15.9. The molecule has 3 heterocycles. The number of carbonyl (C=O) groups excluding carboxylic acids is 1. The summed E-state index contributed by atoms with van der Waals surface area (Å²) in [6, 6.07) is 9.60. The van der Waals surface area contributed by atoms with Crippen LogP contribution in [0.1, 0.15) is 11.5 Å². The molecule has 6 nitrogen and oxygen atoms in total. The first-order valence-electron chi connectivity index (χ1n) is 8.94. The summed E-state index contributed by atoms with van der Waals surface area (Å²) in [4.78, 5) is 32.0. The second-order valence-corrected chi connectivity index (χ2v) is 7.63. The SMILES string of the molecule is Cc1ccc(CN(C)C(=O)Cn2cnc3scc(-c4ccc(F)cc4)c3c2=O)o1. The van der Waals surface area contributed by atoms with Crippen LogP contribution in [0.15, 0.2) is 57.3 Å². The number of rotatable bonds is 5. The van der Waals surface area contributed by atoms with E-state index >= 15 is 0 Å². The van der Waals surface area contributed by atoms with Gasteiger partial charge in [-0.15, -0.1) is 11.3 Å². The molecule has 29 heavy (non-hydrogen) atoms. The number of hydrogen-bond acceptors (Lipinski definition) is 5. The van der Waals surface area contributed by atoms with Crippen molar-refractivity contribution in [3.05, 3.63) is 75.8 Å². The first-order valence-corrected chi connectivity index (χ1v) is 9.82. The molecule has 0 aliphatic heterocycles. The number of aromatic nitrogens is 2. The maximum Gasteiger partial charge on any atom is 0.263 e. The predicted molar refractivity (Wildman–Crippen MR) is 109 cm³/mol. The van der Waals surface area contributed by atoms with Crippen molar-refractivity contribution in [3.63, 3.8) is 0 Å². The van der Waals surface area contributed by atoms with E-state index in [1.54, 1.807) is 19.2 Å². The van der Waals surface area contributed by atoms with Crippen molar-refractivity contribution < 1.29 is 13.6 Å². The van der Waals surface area contributed by atoms with Gasteiger partial charge in [-0.1, -0.05) is 12.1 Å². The smallest absolute Gasteiger partial charge is 0.263 e. The van der Waals surface area contributed by atoms with Crippen molar-refractivity contribution in [1.29, 1.82) is 0 Å². The summed E-state index contributed by atoms with van der Waals surface area (Å²) in [5, 5.41) is 2.25. The first kappa shape index (κ1) is 19.1. The van der Waals surface area contributed by atoms with Gasteiger partial charge >= 0.3 is 0 Å². The van der Waals surface area contributed by atoms with Gasteiger partial charge in [0.2, 0.25) is 5.91 Å². The standard InChI is InChI=1S/C21H18FN3O3S/c1-13-3-8-16(28-13)9-24(2)18(26)10-25-12-23-20-19(21(25)27)17(11-29-20)14-4-6-15(22)7-5-14/h3-8,11-12H,9-10H2,1-2H3. The number of furan rings is 1. The fourth-order valence-corrected chi connectivity index (χ4v) is 3.99. The Morgan fingerprint density at radius 2 is 2.00 bits per heavy atom. The Morgan fingerprint density at radius 3 is 2.69 bits per heavy atom. The number of amides is 1. The molecular weight excluding hydrogens is 393 g/mol. The average Bonchev–Trinajstić information content (AvgIpc) is 3.31. The van der Waals surface area contributed by atoms with E-state index < -0.39 is 0 Å². The third kappa shape index (κ3) is 3.84. The van der Waals surface area contributed by atoms with Crippen molar-refractivity contribution in [2.24, 2.45) is 0 Å². The Morgan fingerprint density at radius 1 is 1.24 bits per heavy atom. The number of hydrogen-bond donors (Lipinski definition) is 0. The third-order valence-corrected chi connectivity index (χ3v) is 5.52. The van der Waals surface area contributed by atoms with Crippen LogP contribution in [0.4, 0.5) is 4.39 Å². The van der Waals surface area contributed by atoms with E-state index in [2.05, 4.69) is 4.98 Å². The van der Waals surface area contributed by atoms with Gasteiger partial charge in [0, 0.05) is 18.0 Å². The van der Waals surface area contributed by atoms with E-state index in [9.17, 15) is 14.0 Å². The van der Waals surface area contributed by atoms with Crippen LogP contribution < -0.4 is 5.56 Å². The number of halogens is 1. The van der Waals surface area contributed by atoms with Gasteiger partial charge in [-0.25, -0.2) is 9.37 Å². The molecule has 0 unspecified atom stereocenters. The molecule has 1 amide bonds. The normalized spacial score (nSPS) is 11.1.